The number of rotatable bonds is 4. The van der Waals surface area contributed by atoms with Crippen molar-refractivity contribution in [3.05, 3.63) is 29.3 Å². The second-order valence-corrected chi connectivity index (χ2v) is 3.58. The fourth-order valence-electron chi connectivity index (χ4n) is 1.25. The van der Waals surface area contributed by atoms with Crippen molar-refractivity contribution in [2.75, 3.05) is 6.61 Å². The van der Waals surface area contributed by atoms with E-state index in [1.165, 1.54) is 0 Å². The Bertz CT molecular complexity index is 449. The van der Waals surface area contributed by atoms with Gasteiger partial charge in [-0.05, 0) is 18.2 Å². The highest BCUT2D eigenvalue weighted by Crippen LogP contribution is 2.37. The first kappa shape index (κ1) is 15.3. The van der Waals surface area contributed by atoms with Crippen LogP contribution >= 0.6 is 0 Å². The Balaban J connectivity index is 2.91. The van der Waals surface area contributed by atoms with Crippen molar-refractivity contribution < 1.29 is 35.9 Å². The third-order valence-corrected chi connectivity index (χ3v) is 2.09. The number of carbonyl (C=O) groups excluding carboxylic acids is 1. The molecule has 0 heterocycles. The molecular formula is C11H8F6O2. The number of ether oxygens (including phenoxy) is 1. The lowest BCUT2D eigenvalue weighted by molar-refractivity contribution is -0.143. The maximum absolute atomic E-state index is 12.6. The highest BCUT2D eigenvalue weighted by molar-refractivity contribution is 5.75. The average Bonchev–Trinajstić information content (AvgIpc) is 2.26. The molecule has 106 valence electrons. The lowest BCUT2D eigenvalue weighted by Crippen LogP contribution is -2.15. The second-order valence-electron chi connectivity index (χ2n) is 3.58. The van der Waals surface area contributed by atoms with Crippen molar-refractivity contribution >= 4 is 6.29 Å². The Morgan fingerprint density at radius 1 is 1.11 bits per heavy atom. The van der Waals surface area contributed by atoms with Gasteiger partial charge in [0.25, 0.3) is 0 Å². The molecule has 1 aromatic rings. The van der Waals surface area contributed by atoms with Crippen LogP contribution in [0.5, 0.6) is 5.75 Å². The van der Waals surface area contributed by atoms with Crippen LogP contribution in [0.2, 0.25) is 0 Å². The van der Waals surface area contributed by atoms with E-state index < -0.39 is 36.7 Å². The molecule has 1 aromatic carbocycles. The van der Waals surface area contributed by atoms with Crippen LogP contribution in [0.15, 0.2) is 18.2 Å². The zero-order valence-electron chi connectivity index (χ0n) is 9.31. The predicted octanol–water partition coefficient (Wildman–Crippen LogP) is 3.85. The van der Waals surface area contributed by atoms with E-state index >= 15 is 0 Å². The summed E-state index contributed by atoms with van der Waals surface area (Å²) in [4.78, 5) is 10.4. The molecule has 0 spiro atoms. The summed E-state index contributed by atoms with van der Waals surface area (Å²) in [6.07, 6.45) is -10.5. The Morgan fingerprint density at radius 2 is 1.74 bits per heavy atom. The first-order valence-corrected chi connectivity index (χ1v) is 4.99. The zero-order valence-corrected chi connectivity index (χ0v) is 9.31. The number of benzene rings is 1. The monoisotopic (exact) mass is 286 g/mol. The van der Waals surface area contributed by atoms with E-state index in [1.54, 1.807) is 0 Å². The van der Waals surface area contributed by atoms with Gasteiger partial charge in [0.15, 0.2) is 0 Å². The number of hydrogen-bond acceptors (Lipinski definition) is 2. The van der Waals surface area contributed by atoms with E-state index in [4.69, 9.17) is 0 Å². The first-order chi connectivity index (χ1) is 8.63. The minimum atomic E-state index is -4.81. The molecule has 0 fully saturated rings. The fraction of sp³-hybridized carbons (Fsp3) is 0.364. The van der Waals surface area contributed by atoms with E-state index in [0.29, 0.717) is 6.07 Å². The number of halogens is 6. The van der Waals surface area contributed by atoms with Crippen LogP contribution in [0.25, 0.3) is 0 Å². The van der Waals surface area contributed by atoms with Crippen LogP contribution in [-0.4, -0.2) is 19.1 Å². The van der Waals surface area contributed by atoms with Gasteiger partial charge in [-0.2, -0.15) is 26.3 Å². The summed E-state index contributed by atoms with van der Waals surface area (Å²) in [7, 11) is 0. The maximum atomic E-state index is 12.6. The van der Waals surface area contributed by atoms with Gasteiger partial charge in [-0.15, -0.1) is 0 Å². The van der Waals surface area contributed by atoms with Crippen LogP contribution in [0, 0.1) is 0 Å². The van der Waals surface area contributed by atoms with Gasteiger partial charge in [-0.3, -0.25) is 4.79 Å². The topological polar surface area (TPSA) is 26.3 Å². The van der Waals surface area contributed by atoms with Crippen molar-refractivity contribution in [3.8, 4) is 5.75 Å². The van der Waals surface area contributed by atoms with Gasteiger partial charge in [0, 0.05) is 5.56 Å². The molecule has 0 aliphatic rings. The van der Waals surface area contributed by atoms with Crippen molar-refractivity contribution in [1.29, 1.82) is 0 Å². The third-order valence-electron chi connectivity index (χ3n) is 2.09. The van der Waals surface area contributed by atoms with E-state index in [9.17, 15) is 31.1 Å². The van der Waals surface area contributed by atoms with Crippen LogP contribution in [0.3, 0.4) is 0 Å². The van der Waals surface area contributed by atoms with E-state index in [-0.39, 0.29) is 11.8 Å². The summed E-state index contributed by atoms with van der Waals surface area (Å²) in [5.74, 6) is -0.734. The quantitative estimate of drug-likeness (QED) is 0.620. The predicted molar refractivity (Wildman–Crippen MR) is 53.0 cm³/mol. The van der Waals surface area contributed by atoms with Gasteiger partial charge in [0.1, 0.15) is 12.0 Å². The minimum Gasteiger partial charge on any atom is -0.493 e. The second kappa shape index (κ2) is 5.50. The van der Waals surface area contributed by atoms with Crippen LogP contribution in [0.4, 0.5) is 26.3 Å². The Kier molecular flexibility index (Phi) is 4.43. The highest BCUT2D eigenvalue weighted by Gasteiger charge is 2.35. The molecule has 0 saturated carbocycles. The number of alkyl halides is 6. The molecular weight excluding hydrogens is 278 g/mol. The molecule has 0 atom stereocenters. The maximum Gasteiger partial charge on any atom is 0.419 e. The SMILES string of the molecule is O=Cc1ccc(OCCC(F)(F)F)c(C(F)(F)F)c1. The van der Waals surface area contributed by atoms with Gasteiger partial charge in [-0.1, -0.05) is 0 Å². The zero-order chi connectivity index (χ0) is 14.7. The van der Waals surface area contributed by atoms with E-state index in [0.717, 1.165) is 12.1 Å². The van der Waals surface area contributed by atoms with Crippen LogP contribution in [0.1, 0.15) is 22.3 Å². The summed E-state index contributed by atoms with van der Waals surface area (Å²) < 4.78 is 77.9. The molecule has 8 heteroatoms. The van der Waals surface area contributed by atoms with Gasteiger partial charge >= 0.3 is 12.4 Å². The number of hydrogen-bond donors (Lipinski definition) is 0. The van der Waals surface area contributed by atoms with Crippen molar-refractivity contribution in [1.82, 2.24) is 0 Å². The lowest BCUT2D eigenvalue weighted by Gasteiger charge is -2.15. The average molecular weight is 286 g/mol. The van der Waals surface area contributed by atoms with Gasteiger partial charge < -0.3 is 4.74 Å². The van der Waals surface area contributed by atoms with Crippen molar-refractivity contribution in [3.63, 3.8) is 0 Å². The molecule has 19 heavy (non-hydrogen) atoms. The van der Waals surface area contributed by atoms with Crippen molar-refractivity contribution in [2.45, 2.75) is 18.8 Å². The fourth-order valence-corrected chi connectivity index (χ4v) is 1.25. The molecule has 0 radical (unpaired) electrons. The summed E-state index contributed by atoms with van der Waals surface area (Å²) in [6, 6.07) is 2.38. The summed E-state index contributed by atoms with van der Waals surface area (Å²) in [6.45, 7) is -0.924. The Labute approximate surface area is 104 Å². The van der Waals surface area contributed by atoms with Gasteiger partial charge in [0.2, 0.25) is 0 Å². The molecule has 0 amide bonds. The van der Waals surface area contributed by atoms with E-state index in [2.05, 4.69) is 4.74 Å². The van der Waals surface area contributed by atoms with Crippen LogP contribution in [-0.2, 0) is 6.18 Å². The molecule has 0 bridgehead atoms. The number of aldehydes is 1. The molecule has 2 nitrogen and oxygen atoms in total. The molecule has 0 N–H and O–H groups in total. The molecule has 0 saturated heterocycles. The normalized spacial score (nSPS) is 12.3. The van der Waals surface area contributed by atoms with Gasteiger partial charge in [0.05, 0.1) is 18.6 Å². The molecule has 0 aliphatic carbocycles. The molecule has 1 rings (SSSR count). The Hall–Kier alpha value is -1.73. The van der Waals surface area contributed by atoms with Crippen molar-refractivity contribution in [2.24, 2.45) is 0 Å². The minimum absolute atomic E-state index is 0.203. The molecule has 0 unspecified atom stereocenters. The van der Waals surface area contributed by atoms with Crippen LogP contribution < -0.4 is 4.74 Å². The molecule has 0 aliphatic heterocycles. The Morgan fingerprint density at radius 3 is 2.21 bits per heavy atom. The third kappa shape index (κ3) is 4.80. The largest absolute Gasteiger partial charge is 0.493 e. The lowest BCUT2D eigenvalue weighted by atomic mass is 10.1. The first-order valence-electron chi connectivity index (χ1n) is 4.99. The summed E-state index contributed by atoms with van der Waals surface area (Å²) in [5.41, 5.74) is -1.52. The summed E-state index contributed by atoms with van der Waals surface area (Å²) >= 11 is 0. The van der Waals surface area contributed by atoms with E-state index in [1.807, 2.05) is 0 Å². The van der Waals surface area contributed by atoms with Gasteiger partial charge in [-0.25, -0.2) is 0 Å². The number of carbonyl (C=O) groups is 1. The molecule has 0 aromatic heterocycles. The highest BCUT2D eigenvalue weighted by atomic mass is 19.4. The smallest absolute Gasteiger partial charge is 0.419 e. The standard InChI is InChI=1S/C11H8F6O2/c12-10(13,14)3-4-19-9-2-1-7(6-18)5-8(9)11(15,16)17/h1-2,5-6H,3-4H2. The summed E-state index contributed by atoms with van der Waals surface area (Å²) in [5, 5.41) is 0.